The quantitative estimate of drug-likeness (QED) is 0.586. The van der Waals surface area contributed by atoms with E-state index in [1.54, 1.807) is 12.1 Å². The summed E-state index contributed by atoms with van der Waals surface area (Å²) in [5, 5.41) is 3.60. The predicted octanol–water partition coefficient (Wildman–Crippen LogP) is 4.25. The van der Waals surface area contributed by atoms with Gasteiger partial charge in [-0.25, -0.2) is 4.39 Å². The molecule has 0 radical (unpaired) electrons. The van der Waals surface area contributed by atoms with E-state index in [0.29, 0.717) is 34.3 Å². The highest BCUT2D eigenvalue weighted by atomic mass is 19.1. The molecule has 0 aliphatic heterocycles. The van der Waals surface area contributed by atoms with Crippen molar-refractivity contribution in [1.82, 2.24) is 0 Å². The lowest BCUT2D eigenvalue weighted by Crippen LogP contribution is -2.48. The van der Waals surface area contributed by atoms with Crippen LogP contribution in [0, 0.1) is 22.2 Å². The summed E-state index contributed by atoms with van der Waals surface area (Å²) >= 11 is 0. The molecule has 176 valence electrons. The summed E-state index contributed by atoms with van der Waals surface area (Å²) in [6.07, 6.45) is 8.48. The predicted molar refractivity (Wildman–Crippen MR) is 134 cm³/mol. The summed E-state index contributed by atoms with van der Waals surface area (Å²) in [6, 6.07) is 17.4. The van der Waals surface area contributed by atoms with Crippen LogP contribution in [0.25, 0.3) is 11.6 Å². The lowest BCUT2D eigenvalue weighted by Gasteiger charge is -2.27. The maximum atomic E-state index is 15.1. The summed E-state index contributed by atoms with van der Waals surface area (Å²) in [6.45, 7) is 0. The number of Topliss-reactive ketones (excluding diaryl/α,β-unsaturated/α-hetero) is 2. The van der Waals surface area contributed by atoms with Crippen molar-refractivity contribution in [2.45, 2.75) is 50.5 Å². The molecule has 2 N–H and O–H groups in total. The SMILES string of the molecule is NC1C(=O)C(CCC2CCCC2)=c2ccc3c(c2C1=O)C(c1ccccc1F)C=c1ccccc1=3. The highest BCUT2D eigenvalue weighted by Crippen LogP contribution is 2.35. The fourth-order valence-electron chi connectivity index (χ4n) is 6.32. The fourth-order valence-corrected chi connectivity index (χ4v) is 6.32. The Morgan fingerprint density at radius 3 is 2.34 bits per heavy atom. The number of halogens is 1. The minimum Gasteiger partial charge on any atom is -0.315 e. The van der Waals surface area contributed by atoms with Crippen LogP contribution < -0.4 is 16.2 Å². The van der Waals surface area contributed by atoms with E-state index >= 15 is 4.39 Å². The Morgan fingerprint density at radius 1 is 0.829 bits per heavy atom. The molecule has 0 spiro atoms. The van der Waals surface area contributed by atoms with Crippen LogP contribution in [-0.2, 0) is 4.79 Å². The Bertz CT molecular complexity index is 1580. The number of rotatable bonds is 4. The fraction of sp³-hybridized carbons (Fsp3) is 0.290. The van der Waals surface area contributed by atoms with Gasteiger partial charge in [-0.2, -0.15) is 0 Å². The second-order valence-electron chi connectivity index (χ2n) is 10.1. The van der Waals surface area contributed by atoms with Gasteiger partial charge in [0.2, 0.25) is 0 Å². The van der Waals surface area contributed by atoms with Crippen LogP contribution >= 0.6 is 0 Å². The van der Waals surface area contributed by atoms with E-state index in [-0.39, 0.29) is 17.4 Å². The molecule has 0 heterocycles. The van der Waals surface area contributed by atoms with Crippen molar-refractivity contribution in [3.63, 3.8) is 0 Å². The molecule has 6 rings (SSSR count). The third-order valence-corrected chi connectivity index (χ3v) is 8.11. The molecule has 3 aromatic carbocycles. The van der Waals surface area contributed by atoms with Gasteiger partial charge in [-0.05, 0) is 56.8 Å². The lowest BCUT2D eigenvalue weighted by molar-refractivity contribution is -0.114. The van der Waals surface area contributed by atoms with E-state index in [4.69, 9.17) is 5.73 Å². The molecule has 3 aromatic rings. The van der Waals surface area contributed by atoms with Crippen molar-refractivity contribution in [3.8, 4) is 0 Å². The van der Waals surface area contributed by atoms with Gasteiger partial charge in [-0.15, -0.1) is 0 Å². The highest BCUT2D eigenvalue weighted by molar-refractivity contribution is 6.32. The van der Waals surface area contributed by atoms with Crippen molar-refractivity contribution in [2.24, 2.45) is 11.7 Å². The van der Waals surface area contributed by atoms with Crippen LogP contribution in [0.4, 0.5) is 4.39 Å². The Labute approximate surface area is 203 Å². The molecule has 0 amide bonds. The van der Waals surface area contributed by atoms with E-state index in [0.717, 1.165) is 27.6 Å². The topological polar surface area (TPSA) is 60.2 Å². The monoisotopic (exact) mass is 465 g/mol. The minimum absolute atomic E-state index is 0.261. The maximum absolute atomic E-state index is 15.1. The zero-order chi connectivity index (χ0) is 24.1. The summed E-state index contributed by atoms with van der Waals surface area (Å²) in [5.41, 5.74) is 8.68. The van der Waals surface area contributed by atoms with E-state index in [9.17, 15) is 9.59 Å². The largest absolute Gasteiger partial charge is 0.315 e. The van der Waals surface area contributed by atoms with Gasteiger partial charge in [0.15, 0.2) is 11.6 Å². The first-order valence-electron chi connectivity index (χ1n) is 12.6. The number of carbonyl (C=O) groups is 2. The first kappa shape index (κ1) is 22.1. The van der Waals surface area contributed by atoms with Crippen LogP contribution in [0.3, 0.4) is 0 Å². The van der Waals surface area contributed by atoms with Gasteiger partial charge in [0.25, 0.3) is 0 Å². The molecular weight excluding hydrogens is 437 g/mol. The van der Waals surface area contributed by atoms with Crippen molar-refractivity contribution in [3.05, 3.63) is 104 Å². The van der Waals surface area contributed by atoms with Crippen LogP contribution in [0.15, 0.2) is 60.7 Å². The van der Waals surface area contributed by atoms with Gasteiger partial charge in [-0.3, -0.25) is 9.59 Å². The van der Waals surface area contributed by atoms with Crippen molar-refractivity contribution < 1.29 is 14.0 Å². The Hall–Kier alpha value is -3.37. The lowest BCUT2D eigenvalue weighted by atomic mass is 9.76. The third-order valence-electron chi connectivity index (χ3n) is 8.11. The molecular formula is C31H28FNO2. The minimum atomic E-state index is -1.20. The van der Waals surface area contributed by atoms with Gasteiger partial charge in [0.1, 0.15) is 11.9 Å². The Kier molecular flexibility index (Phi) is 5.49. The molecule has 2 unspecified atom stereocenters. The number of nitrogens with two attached hydrogens (primary N) is 1. The number of benzene rings is 3. The first-order valence-corrected chi connectivity index (χ1v) is 12.6. The molecule has 1 saturated carbocycles. The van der Waals surface area contributed by atoms with Gasteiger partial charge < -0.3 is 5.73 Å². The second-order valence-corrected chi connectivity index (χ2v) is 10.1. The van der Waals surface area contributed by atoms with Gasteiger partial charge >= 0.3 is 0 Å². The van der Waals surface area contributed by atoms with Gasteiger partial charge in [-0.1, -0.05) is 86.4 Å². The van der Waals surface area contributed by atoms with Crippen LogP contribution in [0.5, 0.6) is 0 Å². The smallest absolute Gasteiger partial charge is 0.188 e. The molecule has 0 aromatic heterocycles. The molecule has 35 heavy (non-hydrogen) atoms. The highest BCUT2D eigenvalue weighted by Gasteiger charge is 2.36. The average Bonchev–Trinajstić information content (AvgIpc) is 3.40. The first-order chi connectivity index (χ1) is 17.0. The zero-order valence-electron chi connectivity index (χ0n) is 19.6. The summed E-state index contributed by atoms with van der Waals surface area (Å²) in [7, 11) is 0. The number of carbonyl (C=O) groups excluding carboxylic acids is 2. The number of hydrogen-bond acceptors (Lipinski definition) is 3. The van der Waals surface area contributed by atoms with Crippen LogP contribution in [0.1, 0.15) is 65.9 Å². The zero-order valence-corrected chi connectivity index (χ0v) is 19.6. The third kappa shape index (κ3) is 3.59. The molecule has 2 atom stereocenters. The standard InChI is InChI=1S/C31H28FNO2/c32-26-12-6-5-11-21(26)25-17-19-9-3-4-10-20(19)22-15-16-23-24(14-13-18-7-1-2-8-18)30(34)29(33)31(35)28(23)27(22)25/h3-6,9-12,15-18,25,29H,1-2,7-8,13-14,33H2. The van der Waals surface area contributed by atoms with Crippen LogP contribution in [-0.4, -0.2) is 17.6 Å². The van der Waals surface area contributed by atoms with Crippen molar-refractivity contribution in [2.75, 3.05) is 0 Å². The summed E-state index contributed by atoms with van der Waals surface area (Å²) in [4.78, 5) is 26.8. The van der Waals surface area contributed by atoms with Crippen molar-refractivity contribution >= 4 is 23.2 Å². The van der Waals surface area contributed by atoms with E-state index < -0.39 is 12.0 Å². The second kappa shape index (κ2) is 8.69. The normalized spacial score (nSPS) is 21.4. The van der Waals surface area contributed by atoms with E-state index in [1.807, 2.05) is 48.5 Å². The maximum Gasteiger partial charge on any atom is 0.188 e. The molecule has 0 bridgehead atoms. The van der Waals surface area contributed by atoms with Crippen molar-refractivity contribution in [1.29, 1.82) is 0 Å². The van der Waals surface area contributed by atoms with E-state index in [1.165, 1.54) is 31.7 Å². The molecule has 3 nitrogen and oxygen atoms in total. The number of hydrogen-bond donors (Lipinski definition) is 1. The Morgan fingerprint density at radius 2 is 1.54 bits per heavy atom. The van der Waals surface area contributed by atoms with Gasteiger partial charge in [0.05, 0.1) is 0 Å². The number of fused-ring (bicyclic) bond motifs is 4. The molecule has 3 aliphatic rings. The molecule has 4 heteroatoms. The summed E-state index contributed by atoms with van der Waals surface area (Å²) < 4.78 is 15.1. The summed E-state index contributed by atoms with van der Waals surface area (Å²) in [5.74, 6) is -0.762. The Balaban J connectivity index is 1.67. The van der Waals surface area contributed by atoms with E-state index in [2.05, 4.69) is 0 Å². The molecule has 1 fully saturated rings. The van der Waals surface area contributed by atoms with Gasteiger partial charge in [0, 0.05) is 17.1 Å². The molecule has 0 saturated heterocycles. The molecule has 3 aliphatic carbocycles. The average molecular weight is 466 g/mol. The van der Waals surface area contributed by atoms with Crippen LogP contribution in [0.2, 0.25) is 0 Å². The number of ketones is 2.